The van der Waals surface area contributed by atoms with E-state index in [2.05, 4.69) is 10.00 Å². The minimum atomic E-state index is 0.145. The number of ether oxygens (including phenoxy) is 3. The maximum absolute atomic E-state index is 6.33. The minimum Gasteiger partial charge on any atom is -0.486 e. The van der Waals surface area contributed by atoms with E-state index < -0.39 is 0 Å². The van der Waals surface area contributed by atoms with Gasteiger partial charge in [0.25, 0.3) is 0 Å². The summed E-state index contributed by atoms with van der Waals surface area (Å²) in [6.07, 6.45) is 3.90. The second-order valence-corrected chi connectivity index (χ2v) is 6.47. The summed E-state index contributed by atoms with van der Waals surface area (Å²) in [6, 6.07) is 5.92. The van der Waals surface area contributed by atoms with Crippen molar-refractivity contribution in [2.75, 3.05) is 32.9 Å². The highest BCUT2D eigenvalue weighted by Gasteiger charge is 2.23. The Bertz CT molecular complexity index is 693. The van der Waals surface area contributed by atoms with Gasteiger partial charge in [0.2, 0.25) is 0 Å². The van der Waals surface area contributed by atoms with Gasteiger partial charge in [0.1, 0.15) is 13.2 Å². The van der Waals surface area contributed by atoms with E-state index in [-0.39, 0.29) is 6.10 Å². The lowest BCUT2D eigenvalue weighted by atomic mass is 10.1. The summed E-state index contributed by atoms with van der Waals surface area (Å²) in [7, 11) is 0. The summed E-state index contributed by atoms with van der Waals surface area (Å²) in [5, 5.41) is 4.86. The molecular weight excluding hydrogens is 330 g/mol. The number of nitrogens with zero attached hydrogens (tertiary/aromatic N) is 3. The summed E-state index contributed by atoms with van der Waals surface area (Å²) in [5.74, 6) is 1.40. The second-order valence-electron chi connectivity index (χ2n) is 6.06. The van der Waals surface area contributed by atoms with Crippen molar-refractivity contribution in [2.45, 2.75) is 19.2 Å². The molecule has 7 heteroatoms. The molecule has 0 spiro atoms. The van der Waals surface area contributed by atoms with E-state index in [9.17, 15) is 0 Å². The highest BCUT2D eigenvalue weighted by atomic mass is 35.5. The molecule has 128 valence electrons. The van der Waals surface area contributed by atoms with Gasteiger partial charge in [-0.05, 0) is 23.8 Å². The van der Waals surface area contributed by atoms with Gasteiger partial charge in [-0.1, -0.05) is 11.6 Å². The number of morpholine rings is 1. The van der Waals surface area contributed by atoms with Crippen LogP contribution in [0.3, 0.4) is 0 Å². The van der Waals surface area contributed by atoms with E-state index in [0.717, 1.165) is 44.1 Å². The molecule has 1 fully saturated rings. The van der Waals surface area contributed by atoms with E-state index in [1.54, 1.807) is 6.20 Å². The average molecular weight is 350 g/mol. The van der Waals surface area contributed by atoms with Crippen LogP contribution in [0.2, 0.25) is 5.02 Å². The molecule has 2 aliphatic heterocycles. The number of hydrogen-bond donors (Lipinski definition) is 0. The SMILES string of the molecule is Clc1cc(CN2CCO[C@H](Cn3cccn3)C2)cc2c1OCCO2. The van der Waals surface area contributed by atoms with Gasteiger partial charge >= 0.3 is 0 Å². The van der Waals surface area contributed by atoms with Gasteiger partial charge in [-0.3, -0.25) is 9.58 Å². The normalized spacial score (nSPS) is 21.0. The molecule has 3 heterocycles. The van der Waals surface area contributed by atoms with Crippen LogP contribution in [0.1, 0.15) is 5.56 Å². The molecule has 1 atom stereocenters. The first kappa shape index (κ1) is 15.7. The predicted octanol–water partition coefficient (Wildman–Crippen LogP) is 2.21. The van der Waals surface area contributed by atoms with Crippen LogP contribution in [0.4, 0.5) is 0 Å². The Morgan fingerprint density at radius 3 is 3.00 bits per heavy atom. The van der Waals surface area contributed by atoms with E-state index in [4.69, 9.17) is 25.8 Å². The molecule has 0 aliphatic carbocycles. The molecular formula is C17H20ClN3O3. The van der Waals surface area contributed by atoms with Crippen molar-refractivity contribution < 1.29 is 14.2 Å². The zero-order chi connectivity index (χ0) is 16.4. The van der Waals surface area contributed by atoms with E-state index in [1.807, 2.05) is 29.1 Å². The Hall–Kier alpha value is -1.76. The van der Waals surface area contributed by atoms with Crippen molar-refractivity contribution in [2.24, 2.45) is 0 Å². The first-order valence-electron chi connectivity index (χ1n) is 8.17. The van der Waals surface area contributed by atoms with Crippen molar-refractivity contribution in [1.82, 2.24) is 14.7 Å². The lowest BCUT2D eigenvalue weighted by Gasteiger charge is -2.33. The molecule has 0 bridgehead atoms. The van der Waals surface area contributed by atoms with Crippen LogP contribution in [0.15, 0.2) is 30.6 Å². The monoisotopic (exact) mass is 349 g/mol. The summed E-state index contributed by atoms with van der Waals surface area (Å²) in [4.78, 5) is 2.37. The fourth-order valence-corrected chi connectivity index (χ4v) is 3.45. The van der Waals surface area contributed by atoms with Gasteiger partial charge in [0.05, 0.1) is 24.3 Å². The summed E-state index contributed by atoms with van der Waals surface area (Å²) in [6.45, 7) is 5.19. The zero-order valence-electron chi connectivity index (χ0n) is 13.4. The molecule has 24 heavy (non-hydrogen) atoms. The van der Waals surface area contributed by atoms with Crippen LogP contribution in [0.25, 0.3) is 0 Å². The maximum atomic E-state index is 6.33. The summed E-state index contributed by atoms with van der Waals surface area (Å²) in [5.41, 5.74) is 1.13. The molecule has 6 nitrogen and oxygen atoms in total. The Balaban J connectivity index is 1.42. The third-order valence-corrected chi connectivity index (χ3v) is 4.52. The maximum Gasteiger partial charge on any atom is 0.179 e. The number of aromatic nitrogens is 2. The predicted molar refractivity (Wildman–Crippen MR) is 89.7 cm³/mol. The molecule has 1 saturated heterocycles. The molecule has 0 saturated carbocycles. The highest BCUT2D eigenvalue weighted by Crippen LogP contribution is 2.38. The Morgan fingerprint density at radius 1 is 1.21 bits per heavy atom. The molecule has 1 aromatic carbocycles. The largest absolute Gasteiger partial charge is 0.486 e. The van der Waals surface area contributed by atoms with Crippen molar-refractivity contribution in [3.8, 4) is 11.5 Å². The Labute approximate surface area is 145 Å². The summed E-state index contributed by atoms with van der Waals surface area (Å²) < 4.78 is 19.0. The quantitative estimate of drug-likeness (QED) is 0.847. The molecule has 0 unspecified atom stereocenters. The van der Waals surface area contributed by atoms with Crippen molar-refractivity contribution in [3.63, 3.8) is 0 Å². The fraction of sp³-hybridized carbons (Fsp3) is 0.471. The third kappa shape index (κ3) is 3.50. The number of hydrogen-bond acceptors (Lipinski definition) is 5. The van der Waals surface area contributed by atoms with Crippen LogP contribution in [-0.4, -0.2) is 53.7 Å². The van der Waals surface area contributed by atoms with Crippen LogP contribution < -0.4 is 9.47 Å². The van der Waals surface area contributed by atoms with Crippen LogP contribution in [0.5, 0.6) is 11.5 Å². The molecule has 0 amide bonds. The lowest BCUT2D eigenvalue weighted by molar-refractivity contribution is -0.0402. The van der Waals surface area contributed by atoms with E-state index >= 15 is 0 Å². The zero-order valence-corrected chi connectivity index (χ0v) is 14.1. The fourth-order valence-electron chi connectivity index (χ4n) is 3.17. The smallest absolute Gasteiger partial charge is 0.179 e. The van der Waals surface area contributed by atoms with Crippen molar-refractivity contribution in [3.05, 3.63) is 41.2 Å². The number of benzene rings is 1. The van der Waals surface area contributed by atoms with Gasteiger partial charge in [-0.2, -0.15) is 5.10 Å². The average Bonchev–Trinajstić information content (AvgIpc) is 3.08. The standard InChI is InChI=1S/C17H20ClN3O3/c18-15-8-13(9-16-17(15)24-7-6-23-16)10-20-4-5-22-14(11-20)12-21-3-1-2-19-21/h1-3,8-9,14H,4-7,10-12H2/t14-/m0/s1. The molecule has 2 aliphatic rings. The van der Waals surface area contributed by atoms with Gasteiger partial charge in [0.15, 0.2) is 11.5 Å². The van der Waals surface area contributed by atoms with Crippen LogP contribution in [0, 0.1) is 0 Å². The second kappa shape index (κ2) is 7.01. The van der Waals surface area contributed by atoms with Crippen molar-refractivity contribution >= 4 is 11.6 Å². The van der Waals surface area contributed by atoms with Gasteiger partial charge in [0, 0.05) is 32.0 Å². The molecule has 1 aromatic heterocycles. The van der Waals surface area contributed by atoms with Crippen LogP contribution >= 0.6 is 11.6 Å². The number of rotatable bonds is 4. The van der Waals surface area contributed by atoms with Gasteiger partial charge in [-0.25, -0.2) is 0 Å². The van der Waals surface area contributed by atoms with E-state index in [0.29, 0.717) is 24.0 Å². The molecule has 2 aromatic rings. The van der Waals surface area contributed by atoms with Crippen LogP contribution in [-0.2, 0) is 17.8 Å². The lowest BCUT2D eigenvalue weighted by Crippen LogP contribution is -2.43. The van der Waals surface area contributed by atoms with Crippen molar-refractivity contribution in [1.29, 1.82) is 0 Å². The van der Waals surface area contributed by atoms with Gasteiger partial charge < -0.3 is 14.2 Å². The van der Waals surface area contributed by atoms with E-state index in [1.165, 1.54) is 0 Å². The third-order valence-electron chi connectivity index (χ3n) is 4.24. The van der Waals surface area contributed by atoms with Gasteiger partial charge in [-0.15, -0.1) is 0 Å². The number of fused-ring (bicyclic) bond motifs is 1. The molecule has 0 radical (unpaired) electrons. The molecule has 0 N–H and O–H groups in total. The topological polar surface area (TPSA) is 48.8 Å². The minimum absolute atomic E-state index is 0.145. The molecule has 4 rings (SSSR count). The first-order chi connectivity index (χ1) is 11.8. The Morgan fingerprint density at radius 2 is 2.12 bits per heavy atom. The Kier molecular flexibility index (Phi) is 4.60. The first-order valence-corrected chi connectivity index (χ1v) is 8.55. The number of halogens is 1. The summed E-state index contributed by atoms with van der Waals surface area (Å²) >= 11 is 6.33. The highest BCUT2D eigenvalue weighted by molar-refractivity contribution is 6.32.